The number of aromatic nitrogens is 1. The van der Waals surface area contributed by atoms with Gasteiger partial charge in [-0.3, -0.25) is 0 Å². The lowest BCUT2D eigenvalue weighted by Crippen LogP contribution is -1.99. The highest BCUT2D eigenvalue weighted by Gasteiger charge is 1.96. The van der Waals surface area contributed by atoms with E-state index in [4.69, 9.17) is 16.9 Å². The molecule has 2 rings (SSSR count). The van der Waals surface area contributed by atoms with Crippen LogP contribution in [0, 0.1) is 11.3 Å². The molecule has 0 aliphatic rings. The molecule has 0 fully saturated rings. The fourth-order valence-corrected chi connectivity index (χ4v) is 1.59. The average molecular weight is 244 g/mol. The third-order valence-electron chi connectivity index (χ3n) is 2.31. The monoisotopic (exact) mass is 243 g/mol. The number of halogens is 1. The van der Waals surface area contributed by atoms with Crippen LogP contribution in [-0.4, -0.2) is 4.98 Å². The van der Waals surface area contributed by atoms with Crippen molar-refractivity contribution in [3.05, 3.63) is 58.9 Å². The first-order valence-electron chi connectivity index (χ1n) is 5.12. The highest BCUT2D eigenvalue weighted by molar-refractivity contribution is 6.29. The molecule has 4 heteroatoms. The predicted octanol–water partition coefficient (Wildman–Crippen LogP) is 3.22. The Morgan fingerprint density at radius 2 is 2.00 bits per heavy atom. The van der Waals surface area contributed by atoms with Crippen molar-refractivity contribution in [2.75, 3.05) is 5.32 Å². The van der Waals surface area contributed by atoms with E-state index >= 15 is 0 Å². The molecule has 0 saturated carbocycles. The summed E-state index contributed by atoms with van der Waals surface area (Å²) in [6.07, 6.45) is 1.66. The zero-order valence-electron chi connectivity index (χ0n) is 9.02. The van der Waals surface area contributed by atoms with Gasteiger partial charge in [-0.05, 0) is 29.8 Å². The molecule has 1 heterocycles. The Balaban J connectivity index is 2.00. The van der Waals surface area contributed by atoms with Crippen LogP contribution in [0.15, 0.2) is 42.6 Å². The minimum atomic E-state index is 0.467. The lowest BCUT2D eigenvalue weighted by molar-refractivity contribution is 1.14. The summed E-state index contributed by atoms with van der Waals surface area (Å²) in [4.78, 5) is 3.91. The maximum Gasteiger partial charge on any atom is 0.131 e. The quantitative estimate of drug-likeness (QED) is 0.842. The topological polar surface area (TPSA) is 48.7 Å². The standard InChI is InChI=1S/C13H10ClN3/c14-13-7-12(5-6-16-13)17-9-11-3-1-10(8-15)2-4-11/h1-7H,9H2,(H,16,17). The van der Waals surface area contributed by atoms with Gasteiger partial charge in [-0.1, -0.05) is 23.7 Å². The third-order valence-corrected chi connectivity index (χ3v) is 2.51. The van der Waals surface area contributed by atoms with Crippen molar-refractivity contribution in [3.8, 4) is 6.07 Å². The van der Waals surface area contributed by atoms with Crippen LogP contribution >= 0.6 is 11.6 Å². The van der Waals surface area contributed by atoms with E-state index in [-0.39, 0.29) is 0 Å². The van der Waals surface area contributed by atoms with Gasteiger partial charge in [0.15, 0.2) is 0 Å². The molecule has 0 aliphatic heterocycles. The minimum Gasteiger partial charge on any atom is -0.381 e. The fraction of sp³-hybridized carbons (Fsp3) is 0.0769. The van der Waals surface area contributed by atoms with Gasteiger partial charge in [-0.2, -0.15) is 5.26 Å². The largest absolute Gasteiger partial charge is 0.381 e. The van der Waals surface area contributed by atoms with E-state index in [1.165, 1.54) is 0 Å². The molecule has 0 radical (unpaired) electrons. The van der Waals surface area contributed by atoms with Crippen molar-refractivity contribution in [2.45, 2.75) is 6.54 Å². The van der Waals surface area contributed by atoms with Crippen LogP contribution < -0.4 is 5.32 Å². The Labute approximate surface area is 105 Å². The molecular weight excluding hydrogens is 234 g/mol. The van der Waals surface area contributed by atoms with Crippen LogP contribution in [0.4, 0.5) is 5.69 Å². The predicted molar refractivity (Wildman–Crippen MR) is 67.7 cm³/mol. The molecule has 17 heavy (non-hydrogen) atoms. The first-order chi connectivity index (χ1) is 8.28. The van der Waals surface area contributed by atoms with E-state index in [2.05, 4.69) is 16.4 Å². The Morgan fingerprint density at radius 3 is 2.65 bits per heavy atom. The molecule has 0 unspecified atom stereocenters. The van der Waals surface area contributed by atoms with Crippen LogP contribution in [0.3, 0.4) is 0 Å². The van der Waals surface area contributed by atoms with Crippen LogP contribution in [0.5, 0.6) is 0 Å². The summed E-state index contributed by atoms with van der Waals surface area (Å²) in [6.45, 7) is 0.687. The second kappa shape index (κ2) is 5.33. The molecule has 2 aromatic rings. The van der Waals surface area contributed by atoms with Gasteiger partial charge in [-0.15, -0.1) is 0 Å². The van der Waals surface area contributed by atoms with Crippen molar-refractivity contribution in [1.82, 2.24) is 4.98 Å². The molecule has 0 saturated heterocycles. The normalized spacial score (nSPS) is 9.65. The highest BCUT2D eigenvalue weighted by Crippen LogP contribution is 2.13. The summed E-state index contributed by atoms with van der Waals surface area (Å²) >= 11 is 5.78. The number of nitrogens with zero attached hydrogens (tertiary/aromatic N) is 2. The van der Waals surface area contributed by atoms with Crippen LogP contribution in [0.25, 0.3) is 0 Å². The second-order valence-electron chi connectivity index (χ2n) is 3.53. The van der Waals surface area contributed by atoms with Crippen LogP contribution in [-0.2, 0) is 6.54 Å². The minimum absolute atomic E-state index is 0.467. The van der Waals surface area contributed by atoms with Gasteiger partial charge in [0.25, 0.3) is 0 Å². The Kier molecular flexibility index (Phi) is 3.59. The molecular formula is C13H10ClN3. The van der Waals surface area contributed by atoms with Gasteiger partial charge in [-0.25, -0.2) is 4.98 Å². The van der Waals surface area contributed by atoms with E-state index in [0.29, 0.717) is 17.3 Å². The number of anilines is 1. The molecule has 0 spiro atoms. The van der Waals surface area contributed by atoms with Gasteiger partial charge in [0.1, 0.15) is 5.15 Å². The Morgan fingerprint density at radius 1 is 1.24 bits per heavy atom. The van der Waals surface area contributed by atoms with Crippen molar-refractivity contribution >= 4 is 17.3 Å². The molecule has 0 atom stereocenters. The van der Waals surface area contributed by atoms with Crippen molar-refractivity contribution in [3.63, 3.8) is 0 Å². The third kappa shape index (κ3) is 3.20. The van der Waals surface area contributed by atoms with Crippen LogP contribution in [0.1, 0.15) is 11.1 Å². The van der Waals surface area contributed by atoms with Gasteiger partial charge in [0.2, 0.25) is 0 Å². The SMILES string of the molecule is N#Cc1ccc(CNc2ccnc(Cl)c2)cc1. The summed E-state index contributed by atoms with van der Waals surface area (Å²) in [5.41, 5.74) is 2.70. The average Bonchev–Trinajstić information content (AvgIpc) is 2.37. The molecule has 3 nitrogen and oxygen atoms in total. The number of pyridine rings is 1. The maximum absolute atomic E-state index is 8.68. The van der Waals surface area contributed by atoms with Gasteiger partial charge in [0, 0.05) is 18.4 Å². The van der Waals surface area contributed by atoms with E-state index in [9.17, 15) is 0 Å². The maximum atomic E-state index is 8.68. The summed E-state index contributed by atoms with van der Waals surface area (Å²) in [5.74, 6) is 0. The van der Waals surface area contributed by atoms with E-state index in [1.807, 2.05) is 18.2 Å². The van der Waals surface area contributed by atoms with Gasteiger partial charge >= 0.3 is 0 Å². The highest BCUT2D eigenvalue weighted by atomic mass is 35.5. The summed E-state index contributed by atoms with van der Waals surface area (Å²) in [6, 6.07) is 13.2. The smallest absolute Gasteiger partial charge is 0.131 e. The number of nitrogens with one attached hydrogen (secondary N) is 1. The van der Waals surface area contributed by atoms with Crippen molar-refractivity contribution in [2.24, 2.45) is 0 Å². The van der Waals surface area contributed by atoms with E-state index in [1.54, 1.807) is 24.4 Å². The zero-order valence-corrected chi connectivity index (χ0v) is 9.78. The lowest BCUT2D eigenvalue weighted by atomic mass is 10.1. The molecule has 84 valence electrons. The van der Waals surface area contributed by atoms with Crippen molar-refractivity contribution < 1.29 is 0 Å². The molecule has 0 bridgehead atoms. The van der Waals surface area contributed by atoms with E-state index in [0.717, 1.165) is 11.3 Å². The van der Waals surface area contributed by atoms with Gasteiger partial charge in [0.05, 0.1) is 11.6 Å². The molecule has 1 aromatic heterocycles. The number of benzene rings is 1. The summed E-state index contributed by atoms with van der Waals surface area (Å²) in [5, 5.41) is 12.4. The number of nitriles is 1. The molecule has 1 N–H and O–H groups in total. The van der Waals surface area contributed by atoms with Gasteiger partial charge < -0.3 is 5.32 Å². The first kappa shape index (κ1) is 11.4. The number of hydrogen-bond donors (Lipinski definition) is 1. The van der Waals surface area contributed by atoms with Crippen molar-refractivity contribution in [1.29, 1.82) is 5.26 Å². The Hall–Kier alpha value is -2.05. The molecule has 0 aliphatic carbocycles. The molecule has 0 amide bonds. The fourth-order valence-electron chi connectivity index (χ4n) is 1.41. The summed E-state index contributed by atoms with van der Waals surface area (Å²) in [7, 11) is 0. The summed E-state index contributed by atoms with van der Waals surface area (Å²) < 4.78 is 0. The zero-order chi connectivity index (χ0) is 12.1. The number of hydrogen-bond acceptors (Lipinski definition) is 3. The molecule has 1 aromatic carbocycles. The van der Waals surface area contributed by atoms with Crippen LogP contribution in [0.2, 0.25) is 5.15 Å². The van der Waals surface area contributed by atoms with E-state index < -0.39 is 0 Å². The number of rotatable bonds is 3. The first-order valence-corrected chi connectivity index (χ1v) is 5.50. The Bertz CT molecular complexity index is 543. The lowest BCUT2D eigenvalue weighted by Gasteiger charge is -2.06. The second-order valence-corrected chi connectivity index (χ2v) is 3.92.